The van der Waals surface area contributed by atoms with Gasteiger partial charge in [0.15, 0.2) is 0 Å². The highest BCUT2D eigenvalue weighted by Crippen LogP contribution is 2.28. The van der Waals surface area contributed by atoms with Crippen molar-refractivity contribution < 1.29 is 0 Å². The molecule has 88 valence electrons. The first-order valence-corrected chi connectivity index (χ1v) is 7.22. The van der Waals surface area contributed by atoms with E-state index in [0.717, 1.165) is 11.1 Å². The quantitative estimate of drug-likeness (QED) is 0.844. The maximum atomic E-state index is 5.75. The Balaban J connectivity index is 1.94. The molecule has 1 saturated carbocycles. The van der Waals surface area contributed by atoms with Crippen LogP contribution in [0, 0.1) is 0 Å². The molecule has 2 rings (SSSR count). The summed E-state index contributed by atoms with van der Waals surface area (Å²) in [5, 5.41) is 4.53. The molecule has 1 N–H and O–H groups in total. The minimum atomic E-state index is 0.308. The highest BCUT2D eigenvalue weighted by atomic mass is 35.5. The van der Waals surface area contributed by atoms with E-state index >= 15 is 0 Å². The highest BCUT2D eigenvalue weighted by molar-refractivity contribution is 7.99. The summed E-state index contributed by atoms with van der Waals surface area (Å²) in [5.41, 5.74) is 0. The van der Waals surface area contributed by atoms with Crippen LogP contribution in [0.3, 0.4) is 0 Å². The number of thioether (sulfide) groups is 1. The van der Waals surface area contributed by atoms with E-state index in [1.165, 1.54) is 25.7 Å². The molecular formula is C11H16ClN3S. The number of nitrogens with one attached hydrogen (secondary N) is 1. The van der Waals surface area contributed by atoms with Gasteiger partial charge >= 0.3 is 0 Å². The highest BCUT2D eigenvalue weighted by Gasteiger charge is 2.21. The van der Waals surface area contributed by atoms with Crippen LogP contribution in [0.25, 0.3) is 0 Å². The van der Waals surface area contributed by atoms with Crippen molar-refractivity contribution in [1.29, 1.82) is 0 Å². The van der Waals surface area contributed by atoms with E-state index in [0.29, 0.717) is 11.3 Å². The van der Waals surface area contributed by atoms with E-state index in [1.807, 2.05) is 17.8 Å². The van der Waals surface area contributed by atoms with Gasteiger partial charge in [-0.05, 0) is 43.2 Å². The van der Waals surface area contributed by atoms with Crippen LogP contribution in [0.4, 0.5) is 5.82 Å². The molecule has 3 nitrogen and oxygen atoms in total. The van der Waals surface area contributed by atoms with Crippen LogP contribution in [0.1, 0.15) is 25.7 Å². The first kappa shape index (κ1) is 12.0. The molecule has 0 aliphatic heterocycles. The van der Waals surface area contributed by atoms with E-state index in [-0.39, 0.29) is 0 Å². The molecule has 1 aromatic rings. The van der Waals surface area contributed by atoms with E-state index in [1.54, 1.807) is 6.20 Å². The van der Waals surface area contributed by atoms with Gasteiger partial charge < -0.3 is 5.32 Å². The predicted molar refractivity (Wildman–Crippen MR) is 70.2 cm³/mol. The maximum absolute atomic E-state index is 5.75. The van der Waals surface area contributed by atoms with Gasteiger partial charge in [-0.25, -0.2) is 9.97 Å². The fourth-order valence-electron chi connectivity index (χ4n) is 2.11. The third-order valence-corrected chi connectivity index (χ3v) is 4.21. The molecule has 1 heterocycles. The number of hydrogen-bond acceptors (Lipinski definition) is 4. The van der Waals surface area contributed by atoms with Crippen LogP contribution >= 0.6 is 23.4 Å². The lowest BCUT2D eigenvalue weighted by molar-refractivity contribution is 0.472. The Bertz CT molecular complexity index is 348. The van der Waals surface area contributed by atoms with Gasteiger partial charge in [0.1, 0.15) is 5.82 Å². The Labute approximate surface area is 105 Å². The van der Waals surface area contributed by atoms with Gasteiger partial charge in [0.25, 0.3) is 0 Å². The zero-order chi connectivity index (χ0) is 11.4. The summed E-state index contributed by atoms with van der Waals surface area (Å²) in [6, 6.07) is 2.39. The van der Waals surface area contributed by atoms with E-state index < -0.39 is 0 Å². The van der Waals surface area contributed by atoms with Crippen LogP contribution in [-0.2, 0) is 0 Å². The molecule has 0 aromatic carbocycles. The van der Waals surface area contributed by atoms with Gasteiger partial charge in [0, 0.05) is 17.5 Å². The molecule has 1 aromatic heterocycles. The SMILES string of the molecule is CSC1CCCC(Nc2ccnc(Cl)n2)C1. The van der Waals surface area contributed by atoms with Crippen molar-refractivity contribution in [2.75, 3.05) is 11.6 Å². The number of rotatable bonds is 3. The summed E-state index contributed by atoms with van der Waals surface area (Å²) in [5.74, 6) is 0.840. The molecule has 16 heavy (non-hydrogen) atoms. The monoisotopic (exact) mass is 257 g/mol. The van der Waals surface area contributed by atoms with Crippen molar-refractivity contribution in [3.05, 3.63) is 17.5 Å². The molecule has 1 aliphatic carbocycles. The molecule has 0 amide bonds. The normalized spacial score (nSPS) is 25.4. The zero-order valence-corrected chi connectivity index (χ0v) is 10.9. The molecule has 1 aliphatic rings. The van der Waals surface area contributed by atoms with Crippen molar-refractivity contribution in [3.63, 3.8) is 0 Å². The first-order chi connectivity index (χ1) is 7.78. The van der Waals surface area contributed by atoms with Crippen LogP contribution in [-0.4, -0.2) is 27.5 Å². The largest absolute Gasteiger partial charge is 0.367 e. The second-order valence-electron chi connectivity index (χ2n) is 4.08. The Morgan fingerprint density at radius 3 is 3.12 bits per heavy atom. The van der Waals surface area contributed by atoms with Crippen LogP contribution < -0.4 is 5.32 Å². The van der Waals surface area contributed by atoms with Crippen LogP contribution in [0.15, 0.2) is 12.3 Å². The number of halogens is 1. The number of aromatic nitrogens is 2. The Morgan fingerprint density at radius 1 is 1.50 bits per heavy atom. The lowest BCUT2D eigenvalue weighted by Gasteiger charge is -2.28. The molecule has 5 heteroatoms. The average molecular weight is 258 g/mol. The summed E-state index contributed by atoms with van der Waals surface area (Å²) in [4.78, 5) is 8.03. The smallest absolute Gasteiger partial charge is 0.224 e. The fourth-order valence-corrected chi connectivity index (χ4v) is 3.09. The minimum absolute atomic E-state index is 0.308. The van der Waals surface area contributed by atoms with Gasteiger partial charge in [-0.15, -0.1) is 0 Å². The molecular weight excluding hydrogens is 242 g/mol. The molecule has 0 bridgehead atoms. The number of nitrogens with zero attached hydrogens (tertiary/aromatic N) is 2. The summed E-state index contributed by atoms with van der Waals surface area (Å²) in [6.07, 6.45) is 8.94. The molecule has 2 unspecified atom stereocenters. The Hall–Kier alpha value is -0.480. The summed E-state index contributed by atoms with van der Waals surface area (Å²) < 4.78 is 0. The Kier molecular flexibility index (Phi) is 4.29. The maximum Gasteiger partial charge on any atom is 0.224 e. The molecule has 1 fully saturated rings. The number of hydrogen-bond donors (Lipinski definition) is 1. The van der Waals surface area contributed by atoms with Gasteiger partial charge in [-0.1, -0.05) is 6.42 Å². The lowest BCUT2D eigenvalue weighted by atomic mass is 9.95. The minimum Gasteiger partial charge on any atom is -0.367 e. The van der Waals surface area contributed by atoms with Crippen LogP contribution in [0.2, 0.25) is 5.28 Å². The standard InChI is InChI=1S/C11H16ClN3S/c1-16-9-4-2-3-8(7-9)14-10-5-6-13-11(12)15-10/h5-6,8-9H,2-4,7H2,1H3,(H,13,14,15). The summed E-state index contributed by atoms with van der Waals surface area (Å²) >= 11 is 7.72. The van der Waals surface area contributed by atoms with Crippen LogP contribution in [0.5, 0.6) is 0 Å². The van der Waals surface area contributed by atoms with Gasteiger partial charge in [-0.2, -0.15) is 11.8 Å². The third kappa shape index (κ3) is 3.25. The summed E-state index contributed by atoms with van der Waals surface area (Å²) in [7, 11) is 0. The van der Waals surface area contributed by atoms with Crippen molar-refractivity contribution in [3.8, 4) is 0 Å². The zero-order valence-electron chi connectivity index (χ0n) is 9.32. The lowest BCUT2D eigenvalue weighted by Crippen LogP contribution is -2.28. The second-order valence-corrected chi connectivity index (χ2v) is 5.55. The van der Waals surface area contributed by atoms with Crippen molar-refractivity contribution in [1.82, 2.24) is 9.97 Å². The third-order valence-electron chi connectivity index (χ3n) is 2.94. The van der Waals surface area contributed by atoms with E-state index in [9.17, 15) is 0 Å². The van der Waals surface area contributed by atoms with Crippen molar-refractivity contribution in [2.45, 2.75) is 37.0 Å². The van der Waals surface area contributed by atoms with E-state index in [4.69, 9.17) is 11.6 Å². The first-order valence-electron chi connectivity index (χ1n) is 5.56. The fraction of sp³-hybridized carbons (Fsp3) is 0.636. The molecule has 0 spiro atoms. The number of anilines is 1. The molecule has 2 atom stereocenters. The second kappa shape index (κ2) is 5.73. The van der Waals surface area contributed by atoms with E-state index in [2.05, 4.69) is 21.5 Å². The van der Waals surface area contributed by atoms with Gasteiger partial charge in [0.05, 0.1) is 0 Å². The van der Waals surface area contributed by atoms with Gasteiger partial charge in [-0.3, -0.25) is 0 Å². The summed E-state index contributed by atoms with van der Waals surface area (Å²) in [6.45, 7) is 0. The molecule has 0 saturated heterocycles. The Morgan fingerprint density at radius 2 is 2.38 bits per heavy atom. The average Bonchev–Trinajstić information content (AvgIpc) is 2.29. The van der Waals surface area contributed by atoms with Crippen molar-refractivity contribution in [2.24, 2.45) is 0 Å². The van der Waals surface area contributed by atoms with Gasteiger partial charge in [0.2, 0.25) is 5.28 Å². The molecule has 0 radical (unpaired) electrons. The van der Waals surface area contributed by atoms with Crippen molar-refractivity contribution >= 4 is 29.2 Å². The predicted octanol–water partition coefficient (Wildman–Crippen LogP) is 3.22. The topological polar surface area (TPSA) is 37.8 Å².